The first-order valence-corrected chi connectivity index (χ1v) is 8.43. The van der Waals surface area contributed by atoms with E-state index in [4.69, 9.17) is 0 Å². The summed E-state index contributed by atoms with van der Waals surface area (Å²) < 4.78 is 2.72. The van der Waals surface area contributed by atoms with Crippen LogP contribution < -0.4 is 5.32 Å². The molecule has 1 aromatic carbocycles. The van der Waals surface area contributed by atoms with Crippen LogP contribution in [-0.2, 0) is 6.42 Å². The molecule has 0 radical (unpaired) electrons. The lowest BCUT2D eigenvalue weighted by atomic mass is 10.2. The van der Waals surface area contributed by atoms with Crippen LogP contribution in [0.1, 0.15) is 35.1 Å². The van der Waals surface area contributed by atoms with Crippen molar-refractivity contribution in [2.45, 2.75) is 26.7 Å². The van der Waals surface area contributed by atoms with Gasteiger partial charge in [-0.05, 0) is 59.1 Å². The third kappa shape index (κ3) is 3.15. The zero-order valence-corrected chi connectivity index (χ0v) is 14.7. The van der Waals surface area contributed by atoms with Gasteiger partial charge in [0, 0.05) is 10.7 Å². The minimum atomic E-state index is -0.142. The summed E-state index contributed by atoms with van der Waals surface area (Å²) in [6.07, 6.45) is 3.60. The molecule has 0 saturated carbocycles. The van der Waals surface area contributed by atoms with Crippen molar-refractivity contribution < 1.29 is 4.79 Å². The second-order valence-corrected chi connectivity index (χ2v) is 6.38. The number of amides is 1. The number of rotatable bonds is 4. The number of aromatic nitrogens is 2. The zero-order chi connectivity index (χ0) is 16.4. The summed E-state index contributed by atoms with van der Waals surface area (Å²) in [7, 11) is 0. The van der Waals surface area contributed by atoms with Crippen LogP contribution in [0.15, 0.2) is 47.1 Å². The number of hydrogen-bond donors (Lipinski definition) is 1. The van der Waals surface area contributed by atoms with Crippen LogP contribution in [0, 0.1) is 6.92 Å². The van der Waals surface area contributed by atoms with Gasteiger partial charge in [0.1, 0.15) is 11.3 Å². The van der Waals surface area contributed by atoms with Crippen LogP contribution in [-0.4, -0.2) is 15.3 Å². The number of fused-ring (bicyclic) bond motifs is 1. The van der Waals surface area contributed by atoms with Crippen molar-refractivity contribution in [3.05, 3.63) is 64.0 Å². The van der Waals surface area contributed by atoms with Gasteiger partial charge in [-0.1, -0.05) is 25.5 Å². The predicted octanol–water partition coefficient (Wildman–Crippen LogP) is 4.61. The molecule has 4 nitrogen and oxygen atoms in total. The van der Waals surface area contributed by atoms with Crippen LogP contribution in [0.25, 0.3) is 5.65 Å². The molecule has 5 heteroatoms. The highest BCUT2D eigenvalue weighted by molar-refractivity contribution is 9.10. The van der Waals surface area contributed by atoms with E-state index in [0.717, 1.165) is 39.9 Å². The molecule has 0 unspecified atom stereocenters. The van der Waals surface area contributed by atoms with Crippen molar-refractivity contribution in [2.75, 3.05) is 5.32 Å². The van der Waals surface area contributed by atoms with Gasteiger partial charge in [-0.15, -0.1) is 0 Å². The van der Waals surface area contributed by atoms with Crippen LogP contribution in [0.2, 0.25) is 0 Å². The first-order valence-electron chi connectivity index (χ1n) is 7.63. The lowest BCUT2D eigenvalue weighted by Gasteiger charge is -2.09. The summed E-state index contributed by atoms with van der Waals surface area (Å²) in [5, 5.41) is 2.98. The molecule has 0 bridgehead atoms. The molecule has 0 atom stereocenters. The van der Waals surface area contributed by atoms with E-state index in [1.165, 1.54) is 0 Å². The molecular formula is C18H18BrN3O. The number of aryl methyl sites for hydroxylation is 2. The molecule has 118 valence electrons. The molecule has 0 aliphatic heterocycles. The second kappa shape index (κ2) is 6.54. The third-order valence-corrected chi connectivity index (χ3v) is 4.33. The topological polar surface area (TPSA) is 46.4 Å². The fourth-order valence-corrected chi connectivity index (χ4v) is 3.19. The van der Waals surface area contributed by atoms with Gasteiger partial charge in [0.25, 0.3) is 5.91 Å². The lowest BCUT2D eigenvalue weighted by molar-refractivity contribution is 0.102. The van der Waals surface area contributed by atoms with E-state index in [0.29, 0.717) is 5.69 Å². The molecule has 0 aliphatic carbocycles. The molecular weight excluding hydrogens is 354 g/mol. The Morgan fingerprint density at radius 1 is 1.30 bits per heavy atom. The lowest BCUT2D eigenvalue weighted by Crippen LogP contribution is -2.16. The van der Waals surface area contributed by atoms with Crippen LogP contribution in [0.5, 0.6) is 0 Å². The molecule has 3 rings (SSSR count). The van der Waals surface area contributed by atoms with E-state index >= 15 is 0 Å². The zero-order valence-electron chi connectivity index (χ0n) is 13.1. The number of anilines is 1. The standard InChI is InChI=1S/C18H18BrN3O/c1-3-6-15-17(22-10-5-4-7-16(22)20-15)18(23)21-14-9-8-12(2)11-13(14)19/h4-5,7-11H,3,6H2,1-2H3,(H,21,23). The SMILES string of the molecule is CCCc1nc2ccccn2c1C(=O)Nc1ccc(C)cc1Br. The minimum absolute atomic E-state index is 0.142. The quantitative estimate of drug-likeness (QED) is 0.727. The fraction of sp³-hybridized carbons (Fsp3) is 0.222. The number of nitrogens with zero attached hydrogens (tertiary/aromatic N) is 2. The van der Waals surface area contributed by atoms with E-state index in [2.05, 4.69) is 33.2 Å². The van der Waals surface area contributed by atoms with E-state index in [9.17, 15) is 4.79 Å². The van der Waals surface area contributed by atoms with Crippen molar-refractivity contribution in [1.29, 1.82) is 0 Å². The normalized spacial score (nSPS) is 10.9. The molecule has 1 amide bonds. The Morgan fingerprint density at radius 2 is 2.13 bits per heavy atom. The van der Waals surface area contributed by atoms with E-state index in [1.807, 2.05) is 53.9 Å². The molecule has 0 aliphatic rings. The average molecular weight is 372 g/mol. The van der Waals surface area contributed by atoms with Crippen LogP contribution in [0.3, 0.4) is 0 Å². The van der Waals surface area contributed by atoms with E-state index in [1.54, 1.807) is 0 Å². The molecule has 0 spiro atoms. The summed E-state index contributed by atoms with van der Waals surface area (Å²) in [4.78, 5) is 17.4. The average Bonchev–Trinajstić information content (AvgIpc) is 2.88. The van der Waals surface area contributed by atoms with Crippen molar-refractivity contribution in [2.24, 2.45) is 0 Å². The molecule has 3 aromatic rings. The number of halogens is 1. The molecule has 2 heterocycles. The highest BCUT2D eigenvalue weighted by atomic mass is 79.9. The molecule has 23 heavy (non-hydrogen) atoms. The Bertz CT molecular complexity index is 870. The van der Waals surface area contributed by atoms with Crippen molar-refractivity contribution in [3.8, 4) is 0 Å². The first kappa shape index (κ1) is 15.7. The van der Waals surface area contributed by atoms with Crippen molar-refractivity contribution >= 4 is 33.2 Å². The van der Waals surface area contributed by atoms with Crippen molar-refractivity contribution in [3.63, 3.8) is 0 Å². The van der Waals surface area contributed by atoms with Gasteiger partial charge >= 0.3 is 0 Å². The fourth-order valence-electron chi connectivity index (χ4n) is 2.60. The maximum atomic E-state index is 12.8. The van der Waals surface area contributed by atoms with E-state index < -0.39 is 0 Å². The smallest absolute Gasteiger partial charge is 0.274 e. The van der Waals surface area contributed by atoms with Gasteiger partial charge in [-0.2, -0.15) is 0 Å². The highest BCUT2D eigenvalue weighted by Crippen LogP contribution is 2.25. The Kier molecular flexibility index (Phi) is 4.48. The Balaban J connectivity index is 2.01. The minimum Gasteiger partial charge on any atom is -0.320 e. The van der Waals surface area contributed by atoms with Crippen LogP contribution >= 0.6 is 15.9 Å². The van der Waals surface area contributed by atoms with Gasteiger partial charge in [-0.25, -0.2) is 4.98 Å². The molecule has 1 N–H and O–H groups in total. The Hall–Kier alpha value is -2.14. The van der Waals surface area contributed by atoms with Gasteiger partial charge in [-0.3, -0.25) is 9.20 Å². The third-order valence-electron chi connectivity index (χ3n) is 3.68. The van der Waals surface area contributed by atoms with Crippen LogP contribution in [0.4, 0.5) is 5.69 Å². The number of carbonyl (C=O) groups is 1. The summed E-state index contributed by atoms with van der Waals surface area (Å²) >= 11 is 3.50. The largest absolute Gasteiger partial charge is 0.320 e. The number of benzene rings is 1. The highest BCUT2D eigenvalue weighted by Gasteiger charge is 2.19. The van der Waals surface area contributed by atoms with Gasteiger partial charge in [0.2, 0.25) is 0 Å². The monoisotopic (exact) mass is 371 g/mol. The first-order chi connectivity index (χ1) is 11.1. The molecule has 0 fully saturated rings. The van der Waals surface area contributed by atoms with Gasteiger partial charge in [0.05, 0.1) is 11.4 Å². The Labute approximate surface area is 143 Å². The summed E-state index contributed by atoms with van der Waals surface area (Å²) in [6, 6.07) is 11.6. The molecule has 0 saturated heterocycles. The summed E-state index contributed by atoms with van der Waals surface area (Å²) in [5.41, 5.74) is 4.13. The predicted molar refractivity (Wildman–Crippen MR) is 96.0 cm³/mol. The maximum Gasteiger partial charge on any atom is 0.274 e. The van der Waals surface area contributed by atoms with Crippen molar-refractivity contribution in [1.82, 2.24) is 9.38 Å². The number of nitrogens with one attached hydrogen (secondary N) is 1. The summed E-state index contributed by atoms with van der Waals surface area (Å²) in [5.74, 6) is -0.142. The Morgan fingerprint density at radius 3 is 2.87 bits per heavy atom. The molecule has 2 aromatic heterocycles. The number of imidazole rings is 1. The van der Waals surface area contributed by atoms with Gasteiger partial charge < -0.3 is 5.32 Å². The number of hydrogen-bond acceptors (Lipinski definition) is 2. The second-order valence-electron chi connectivity index (χ2n) is 5.52. The maximum absolute atomic E-state index is 12.8. The summed E-state index contributed by atoms with van der Waals surface area (Å²) in [6.45, 7) is 4.10. The number of pyridine rings is 1. The van der Waals surface area contributed by atoms with E-state index in [-0.39, 0.29) is 5.91 Å². The van der Waals surface area contributed by atoms with Gasteiger partial charge in [0.15, 0.2) is 0 Å². The number of carbonyl (C=O) groups excluding carboxylic acids is 1.